The van der Waals surface area contributed by atoms with Crippen LogP contribution in [0.1, 0.15) is 17.4 Å². The van der Waals surface area contributed by atoms with Gasteiger partial charge < -0.3 is 14.8 Å². The van der Waals surface area contributed by atoms with Crippen molar-refractivity contribution < 1.29 is 9.47 Å². The number of fused-ring (bicyclic) bond motifs is 2. The van der Waals surface area contributed by atoms with E-state index < -0.39 is 0 Å². The van der Waals surface area contributed by atoms with Crippen LogP contribution in [0.25, 0.3) is 21.7 Å². The van der Waals surface area contributed by atoms with Gasteiger partial charge in [-0.1, -0.05) is 19.1 Å². The van der Waals surface area contributed by atoms with E-state index in [1.165, 1.54) is 10.4 Å². The monoisotopic (exact) mass is 418 g/mol. The number of benzene rings is 1. The minimum absolute atomic E-state index is 0.599. The largest absolute Gasteiger partial charge is 0.486 e. The van der Waals surface area contributed by atoms with Crippen molar-refractivity contribution in [2.45, 2.75) is 19.8 Å². The molecule has 1 aliphatic rings. The number of hydrogen-bond acceptors (Lipinski definition) is 7. The first-order chi connectivity index (χ1) is 14.8. The molecule has 0 saturated heterocycles. The minimum Gasteiger partial charge on any atom is -0.486 e. The van der Waals surface area contributed by atoms with E-state index in [1.54, 1.807) is 17.5 Å². The van der Waals surface area contributed by atoms with Gasteiger partial charge in [0, 0.05) is 17.6 Å². The third kappa shape index (κ3) is 3.80. The minimum atomic E-state index is 0.599. The molecule has 0 unspecified atom stereocenters. The molecule has 0 aliphatic carbocycles. The highest BCUT2D eigenvalue weighted by atomic mass is 32.1. The van der Waals surface area contributed by atoms with E-state index in [9.17, 15) is 0 Å². The lowest BCUT2D eigenvalue weighted by molar-refractivity contribution is 0.171. The van der Waals surface area contributed by atoms with Crippen molar-refractivity contribution in [3.05, 3.63) is 59.1 Å². The van der Waals surface area contributed by atoms with Crippen LogP contribution in [0.5, 0.6) is 11.5 Å². The number of ether oxygens (including phenoxy) is 2. The van der Waals surface area contributed by atoms with Crippen LogP contribution < -0.4 is 14.8 Å². The summed E-state index contributed by atoms with van der Waals surface area (Å²) in [5.74, 6) is 3.15. The Bertz CT molecular complexity index is 1180. The summed E-state index contributed by atoms with van der Waals surface area (Å²) in [6.45, 7) is 4.12. The third-order valence-corrected chi connectivity index (χ3v) is 6.17. The number of aromatic nitrogens is 3. The van der Waals surface area contributed by atoms with Crippen molar-refractivity contribution in [1.82, 2.24) is 15.0 Å². The van der Waals surface area contributed by atoms with Crippen molar-refractivity contribution in [2.24, 2.45) is 0 Å². The van der Waals surface area contributed by atoms with E-state index in [-0.39, 0.29) is 0 Å². The second-order valence-corrected chi connectivity index (χ2v) is 8.17. The molecule has 0 amide bonds. The fourth-order valence-electron chi connectivity index (χ4n) is 3.46. The van der Waals surface area contributed by atoms with Gasteiger partial charge in [-0.2, -0.15) is 0 Å². The fraction of sp³-hybridized carbons (Fsp3) is 0.261. The number of rotatable bonds is 6. The maximum absolute atomic E-state index is 5.69. The molecule has 0 fully saturated rings. The molecule has 0 bridgehead atoms. The van der Waals surface area contributed by atoms with Gasteiger partial charge in [-0.15, -0.1) is 11.3 Å². The molecule has 0 atom stereocenters. The molecule has 7 heteroatoms. The Kier molecular flexibility index (Phi) is 5.19. The Morgan fingerprint density at radius 2 is 1.93 bits per heavy atom. The van der Waals surface area contributed by atoms with Gasteiger partial charge in [-0.25, -0.2) is 9.97 Å². The summed E-state index contributed by atoms with van der Waals surface area (Å²) in [6.07, 6.45) is 3.60. The van der Waals surface area contributed by atoms with E-state index in [1.807, 2.05) is 24.3 Å². The fourth-order valence-corrected chi connectivity index (χ4v) is 4.43. The standard InChI is InChI=1S/C23H22N4O2S/c1-2-16-14-17-21(26-22(27-23(17)30-16)18-5-3-4-9-24-18)25-10-8-15-6-7-19-20(13-15)29-12-11-28-19/h3-7,9,13-14H,2,8,10-12H2,1H3,(H,25,26,27). The molecule has 4 aromatic rings. The second kappa shape index (κ2) is 8.28. The smallest absolute Gasteiger partial charge is 0.181 e. The lowest BCUT2D eigenvalue weighted by Gasteiger charge is -2.19. The van der Waals surface area contributed by atoms with Gasteiger partial charge in [-0.3, -0.25) is 4.98 Å². The maximum atomic E-state index is 5.69. The van der Waals surface area contributed by atoms with Gasteiger partial charge in [0.15, 0.2) is 17.3 Å². The predicted molar refractivity (Wildman–Crippen MR) is 120 cm³/mol. The Morgan fingerprint density at radius 3 is 2.77 bits per heavy atom. The van der Waals surface area contributed by atoms with Crippen molar-refractivity contribution in [2.75, 3.05) is 25.1 Å². The van der Waals surface area contributed by atoms with Gasteiger partial charge in [-0.05, 0) is 48.7 Å². The molecule has 1 aromatic carbocycles. The second-order valence-electron chi connectivity index (χ2n) is 7.05. The van der Waals surface area contributed by atoms with Crippen LogP contribution in [0.2, 0.25) is 0 Å². The van der Waals surface area contributed by atoms with Crippen molar-refractivity contribution in [1.29, 1.82) is 0 Å². The van der Waals surface area contributed by atoms with Crippen LogP contribution >= 0.6 is 11.3 Å². The molecule has 30 heavy (non-hydrogen) atoms. The van der Waals surface area contributed by atoms with Gasteiger partial charge in [0.05, 0.1) is 5.39 Å². The lowest BCUT2D eigenvalue weighted by Crippen LogP contribution is -2.15. The molecular formula is C23H22N4O2S. The Labute approximate surface area is 178 Å². The number of hydrogen-bond donors (Lipinski definition) is 1. The van der Waals surface area contributed by atoms with Crippen LogP contribution in [-0.4, -0.2) is 34.7 Å². The molecule has 4 heterocycles. The topological polar surface area (TPSA) is 69.2 Å². The summed E-state index contributed by atoms with van der Waals surface area (Å²) in [7, 11) is 0. The zero-order valence-electron chi connectivity index (χ0n) is 16.7. The van der Waals surface area contributed by atoms with Gasteiger partial charge in [0.2, 0.25) is 0 Å². The predicted octanol–water partition coefficient (Wildman–Crippen LogP) is 4.74. The van der Waals surface area contributed by atoms with E-state index >= 15 is 0 Å². The lowest BCUT2D eigenvalue weighted by atomic mass is 10.1. The van der Waals surface area contributed by atoms with Crippen molar-refractivity contribution in [3.63, 3.8) is 0 Å². The first kappa shape index (κ1) is 18.8. The maximum Gasteiger partial charge on any atom is 0.181 e. The van der Waals surface area contributed by atoms with E-state index in [0.717, 1.165) is 52.6 Å². The molecule has 3 aromatic heterocycles. The highest BCUT2D eigenvalue weighted by molar-refractivity contribution is 7.18. The SMILES string of the molecule is CCc1cc2c(NCCc3ccc4c(c3)OCCO4)nc(-c3ccccn3)nc2s1. The number of thiophene rings is 1. The van der Waals surface area contributed by atoms with Crippen LogP contribution in [0.15, 0.2) is 48.7 Å². The number of anilines is 1. The van der Waals surface area contributed by atoms with E-state index in [4.69, 9.17) is 19.4 Å². The van der Waals surface area contributed by atoms with E-state index in [2.05, 4.69) is 35.4 Å². The third-order valence-electron chi connectivity index (χ3n) is 5.00. The first-order valence-electron chi connectivity index (χ1n) is 10.1. The molecule has 0 saturated carbocycles. The quantitative estimate of drug-likeness (QED) is 0.488. The molecule has 0 radical (unpaired) electrons. The summed E-state index contributed by atoms with van der Waals surface area (Å²) in [6, 6.07) is 14.1. The summed E-state index contributed by atoms with van der Waals surface area (Å²) < 4.78 is 11.3. The zero-order chi connectivity index (χ0) is 20.3. The molecule has 152 valence electrons. The van der Waals surface area contributed by atoms with Crippen LogP contribution in [-0.2, 0) is 12.8 Å². The van der Waals surface area contributed by atoms with Gasteiger partial charge in [0.1, 0.15) is 29.6 Å². The first-order valence-corrected chi connectivity index (χ1v) is 11.0. The summed E-state index contributed by atoms with van der Waals surface area (Å²) in [4.78, 5) is 16.3. The van der Waals surface area contributed by atoms with Gasteiger partial charge >= 0.3 is 0 Å². The van der Waals surface area contributed by atoms with Crippen molar-refractivity contribution >= 4 is 27.4 Å². The van der Waals surface area contributed by atoms with Crippen LogP contribution in [0.3, 0.4) is 0 Å². The number of nitrogens with one attached hydrogen (secondary N) is 1. The van der Waals surface area contributed by atoms with E-state index in [0.29, 0.717) is 19.0 Å². The molecular weight excluding hydrogens is 396 g/mol. The van der Waals surface area contributed by atoms with Crippen molar-refractivity contribution in [3.8, 4) is 23.0 Å². The average molecular weight is 419 g/mol. The molecule has 0 spiro atoms. The number of aryl methyl sites for hydroxylation is 1. The highest BCUT2D eigenvalue weighted by Crippen LogP contribution is 2.32. The normalized spacial score (nSPS) is 12.8. The Hall–Kier alpha value is -3.19. The number of pyridine rings is 1. The zero-order valence-corrected chi connectivity index (χ0v) is 17.5. The summed E-state index contributed by atoms with van der Waals surface area (Å²) in [5.41, 5.74) is 1.97. The summed E-state index contributed by atoms with van der Waals surface area (Å²) >= 11 is 1.72. The van der Waals surface area contributed by atoms with Crippen LogP contribution in [0.4, 0.5) is 5.82 Å². The molecule has 6 nitrogen and oxygen atoms in total. The Morgan fingerprint density at radius 1 is 1.03 bits per heavy atom. The molecule has 5 rings (SSSR count). The molecule has 1 aliphatic heterocycles. The van der Waals surface area contributed by atoms with Crippen LogP contribution in [0, 0.1) is 0 Å². The number of nitrogens with zero attached hydrogens (tertiary/aromatic N) is 3. The molecule has 1 N–H and O–H groups in total. The average Bonchev–Trinajstić information content (AvgIpc) is 3.23. The summed E-state index contributed by atoms with van der Waals surface area (Å²) in [5, 5.41) is 4.59. The Balaban J connectivity index is 1.39. The highest BCUT2D eigenvalue weighted by Gasteiger charge is 2.14. The van der Waals surface area contributed by atoms with Gasteiger partial charge in [0.25, 0.3) is 0 Å².